The predicted molar refractivity (Wildman–Crippen MR) is 170 cm³/mol. The van der Waals surface area contributed by atoms with Crippen molar-refractivity contribution in [2.75, 3.05) is 6.61 Å². The van der Waals surface area contributed by atoms with Gasteiger partial charge in [0.15, 0.2) is 17.3 Å². The zero-order chi connectivity index (χ0) is 29.2. The van der Waals surface area contributed by atoms with E-state index in [9.17, 15) is 4.79 Å². The van der Waals surface area contributed by atoms with E-state index < -0.39 is 0 Å². The van der Waals surface area contributed by atoms with Gasteiger partial charge in [-0.25, -0.2) is 4.98 Å². The first-order valence-corrected chi connectivity index (χ1v) is 14.5. The summed E-state index contributed by atoms with van der Waals surface area (Å²) in [7, 11) is 0. The number of para-hydroxylation sites is 1. The highest BCUT2D eigenvalue weighted by molar-refractivity contribution is 9.10. The maximum atomic E-state index is 13.6. The van der Waals surface area contributed by atoms with Crippen molar-refractivity contribution < 1.29 is 13.9 Å². The topological polar surface area (TPSA) is 78.9 Å². The molecular weight excluding hydrogens is 618 g/mol. The average Bonchev–Trinajstić information content (AvgIpc) is 3.39. The van der Waals surface area contributed by atoms with Crippen molar-refractivity contribution in [2.24, 2.45) is 5.10 Å². The van der Waals surface area contributed by atoms with Gasteiger partial charge in [-0.15, -0.1) is 0 Å². The lowest BCUT2D eigenvalue weighted by molar-refractivity contribution is 0.267. The van der Waals surface area contributed by atoms with Crippen LogP contribution in [0.3, 0.4) is 0 Å². The number of rotatable bonds is 8. The number of aryl methyl sites for hydroxylation is 1. The van der Waals surface area contributed by atoms with Crippen molar-refractivity contribution in [3.05, 3.63) is 121 Å². The van der Waals surface area contributed by atoms with Crippen molar-refractivity contribution in [2.45, 2.75) is 20.5 Å². The monoisotopic (exact) mass is 641 g/mol. The molecule has 7 nitrogen and oxygen atoms in total. The van der Waals surface area contributed by atoms with Crippen molar-refractivity contribution in [3.63, 3.8) is 0 Å². The molecule has 42 heavy (non-hydrogen) atoms. The van der Waals surface area contributed by atoms with Gasteiger partial charge < -0.3 is 13.9 Å². The molecule has 0 fully saturated rings. The fourth-order valence-electron chi connectivity index (χ4n) is 4.66. The van der Waals surface area contributed by atoms with Gasteiger partial charge in [0.05, 0.1) is 28.2 Å². The zero-order valence-corrected chi connectivity index (χ0v) is 25.1. The van der Waals surface area contributed by atoms with Crippen LogP contribution in [0.5, 0.6) is 11.5 Å². The zero-order valence-electron chi connectivity index (χ0n) is 22.8. The molecule has 0 radical (unpaired) electrons. The quantitative estimate of drug-likeness (QED) is 0.156. The molecular formula is C33H25BrClN3O4. The molecule has 0 N–H and O–H groups in total. The van der Waals surface area contributed by atoms with Crippen LogP contribution in [-0.4, -0.2) is 22.5 Å². The first-order chi connectivity index (χ1) is 20.4. The Kier molecular flexibility index (Phi) is 7.82. The molecule has 0 spiro atoms. The predicted octanol–water partition coefficient (Wildman–Crippen LogP) is 8.39. The highest BCUT2D eigenvalue weighted by atomic mass is 79.9. The van der Waals surface area contributed by atoms with Gasteiger partial charge in [-0.2, -0.15) is 9.78 Å². The second kappa shape index (κ2) is 11.8. The minimum atomic E-state index is -0.326. The third-order valence-electron chi connectivity index (χ3n) is 6.57. The number of ether oxygens (including phenoxy) is 2. The molecule has 9 heteroatoms. The first kappa shape index (κ1) is 27.8. The summed E-state index contributed by atoms with van der Waals surface area (Å²) >= 11 is 9.82. The smallest absolute Gasteiger partial charge is 0.282 e. The van der Waals surface area contributed by atoms with Crippen LogP contribution in [-0.2, 0) is 6.61 Å². The molecule has 0 atom stereocenters. The number of furan rings is 1. The Bertz CT molecular complexity index is 2030. The van der Waals surface area contributed by atoms with E-state index in [1.807, 2.05) is 50.2 Å². The Labute approximate surface area is 255 Å². The molecule has 2 heterocycles. The number of nitrogens with zero attached hydrogens (tertiary/aromatic N) is 3. The molecule has 2 aromatic heterocycles. The number of fused-ring (bicyclic) bond motifs is 2. The lowest BCUT2D eigenvalue weighted by Crippen LogP contribution is -2.20. The normalized spacial score (nSPS) is 11.5. The van der Waals surface area contributed by atoms with E-state index in [2.05, 4.69) is 27.1 Å². The molecule has 0 aliphatic heterocycles. The number of halogens is 2. The second-order valence-corrected chi connectivity index (χ2v) is 10.9. The van der Waals surface area contributed by atoms with Crippen LogP contribution < -0.4 is 15.0 Å². The summed E-state index contributed by atoms with van der Waals surface area (Å²) in [4.78, 5) is 18.4. The fourth-order valence-corrected chi connectivity index (χ4v) is 5.42. The van der Waals surface area contributed by atoms with Gasteiger partial charge in [0, 0.05) is 10.4 Å². The first-order valence-electron chi connectivity index (χ1n) is 13.3. The SMILES string of the molecule is CCOc1cc(C=Nn2c(-c3cc4cc(Cl)ccc4o3)nc3ccccc3c2=O)cc(Br)c1OCc1cccc(C)c1. The summed E-state index contributed by atoms with van der Waals surface area (Å²) < 4.78 is 20.1. The van der Waals surface area contributed by atoms with E-state index in [0.717, 1.165) is 16.5 Å². The highest BCUT2D eigenvalue weighted by Crippen LogP contribution is 2.37. The van der Waals surface area contributed by atoms with Crippen LogP contribution in [0.2, 0.25) is 5.02 Å². The minimum Gasteiger partial charge on any atom is -0.490 e. The van der Waals surface area contributed by atoms with E-state index in [4.69, 9.17) is 30.5 Å². The molecule has 0 unspecified atom stereocenters. The van der Waals surface area contributed by atoms with Gasteiger partial charge in [0.1, 0.15) is 12.2 Å². The molecule has 0 amide bonds. The van der Waals surface area contributed by atoms with Gasteiger partial charge >= 0.3 is 0 Å². The van der Waals surface area contributed by atoms with Crippen molar-refractivity contribution >= 4 is 55.6 Å². The van der Waals surface area contributed by atoms with Gasteiger partial charge in [0.25, 0.3) is 5.56 Å². The van der Waals surface area contributed by atoms with Crippen LogP contribution in [0, 0.1) is 6.92 Å². The van der Waals surface area contributed by atoms with Gasteiger partial charge in [0.2, 0.25) is 5.82 Å². The van der Waals surface area contributed by atoms with Crippen molar-refractivity contribution in [1.29, 1.82) is 0 Å². The Morgan fingerprint density at radius 3 is 2.71 bits per heavy atom. The lowest BCUT2D eigenvalue weighted by atomic mass is 10.1. The molecule has 0 aliphatic rings. The largest absolute Gasteiger partial charge is 0.490 e. The molecule has 0 bridgehead atoms. The van der Waals surface area contributed by atoms with E-state index in [0.29, 0.717) is 62.0 Å². The fraction of sp³-hybridized carbons (Fsp3) is 0.121. The molecule has 0 saturated carbocycles. The van der Waals surface area contributed by atoms with Gasteiger partial charge in [-0.1, -0.05) is 53.6 Å². The van der Waals surface area contributed by atoms with Crippen LogP contribution in [0.1, 0.15) is 23.6 Å². The van der Waals surface area contributed by atoms with Crippen LogP contribution in [0.15, 0.2) is 104 Å². The third-order valence-corrected chi connectivity index (χ3v) is 7.40. The molecule has 0 aliphatic carbocycles. The van der Waals surface area contributed by atoms with Crippen molar-refractivity contribution in [1.82, 2.24) is 9.66 Å². The van der Waals surface area contributed by atoms with Gasteiger partial charge in [-0.3, -0.25) is 4.79 Å². The summed E-state index contributed by atoms with van der Waals surface area (Å²) in [6, 6.07) is 26.1. The summed E-state index contributed by atoms with van der Waals surface area (Å²) in [5, 5.41) is 6.39. The Morgan fingerprint density at radius 2 is 1.88 bits per heavy atom. The average molecular weight is 643 g/mol. The lowest BCUT2D eigenvalue weighted by Gasteiger charge is -2.15. The van der Waals surface area contributed by atoms with Crippen LogP contribution in [0.25, 0.3) is 33.5 Å². The molecule has 6 rings (SSSR count). The van der Waals surface area contributed by atoms with Crippen LogP contribution >= 0.6 is 27.5 Å². The highest BCUT2D eigenvalue weighted by Gasteiger charge is 2.17. The van der Waals surface area contributed by atoms with Crippen molar-refractivity contribution in [3.8, 4) is 23.1 Å². The van der Waals surface area contributed by atoms with Crippen LogP contribution in [0.4, 0.5) is 0 Å². The summed E-state index contributed by atoms with van der Waals surface area (Å²) in [6.07, 6.45) is 1.58. The number of hydrogen-bond donors (Lipinski definition) is 0. The molecule has 4 aromatic carbocycles. The minimum absolute atomic E-state index is 0.268. The Balaban J connectivity index is 1.40. The Hall–Kier alpha value is -4.40. The standard InChI is InChI=1S/C33H25BrClN3O4/c1-3-40-29-15-22(14-26(34)31(29)41-19-21-8-6-7-20(2)13-21)18-36-38-32(37-27-10-5-4-9-25(27)33(38)39)30-17-23-16-24(35)11-12-28(23)42-30/h4-18H,3,19H2,1-2H3. The Morgan fingerprint density at radius 1 is 1.02 bits per heavy atom. The van der Waals surface area contributed by atoms with E-state index >= 15 is 0 Å². The van der Waals surface area contributed by atoms with Gasteiger partial charge in [-0.05, 0) is 89.4 Å². The van der Waals surface area contributed by atoms with E-state index in [-0.39, 0.29) is 11.4 Å². The molecule has 210 valence electrons. The number of benzene rings is 4. The summed E-state index contributed by atoms with van der Waals surface area (Å²) in [6.45, 7) is 4.79. The maximum Gasteiger partial charge on any atom is 0.282 e. The van der Waals surface area contributed by atoms with E-state index in [1.165, 1.54) is 4.68 Å². The number of hydrogen-bond acceptors (Lipinski definition) is 6. The third kappa shape index (κ3) is 5.68. The number of aromatic nitrogens is 2. The maximum absolute atomic E-state index is 13.6. The molecule has 0 saturated heterocycles. The summed E-state index contributed by atoms with van der Waals surface area (Å²) in [5.74, 6) is 1.80. The van der Waals surface area contributed by atoms with E-state index in [1.54, 1.807) is 48.7 Å². The summed E-state index contributed by atoms with van der Waals surface area (Å²) in [5.41, 5.74) is 3.75. The second-order valence-electron chi connectivity index (χ2n) is 9.65. The molecule has 6 aromatic rings.